The van der Waals surface area contributed by atoms with E-state index < -0.39 is 0 Å². The van der Waals surface area contributed by atoms with Gasteiger partial charge < -0.3 is 9.84 Å². The molecule has 1 heterocycles. The van der Waals surface area contributed by atoms with Crippen LogP contribution in [0.4, 0.5) is 0 Å². The topological polar surface area (TPSA) is 29.5 Å². The Hall–Kier alpha value is -0.340. The lowest BCUT2D eigenvalue weighted by Gasteiger charge is -2.53. The van der Waals surface area contributed by atoms with E-state index in [0.717, 1.165) is 5.92 Å². The second-order valence-corrected chi connectivity index (χ2v) is 7.44. The third kappa shape index (κ3) is 2.38. The maximum Gasteiger partial charge on any atom is 0.0685 e. The van der Waals surface area contributed by atoms with Gasteiger partial charge in [-0.25, -0.2) is 0 Å². The Labute approximate surface area is 117 Å². The first-order valence-electron chi connectivity index (χ1n) is 8.06. The number of allylic oxidation sites excluding steroid dienone is 2. The van der Waals surface area contributed by atoms with Crippen LogP contribution in [-0.4, -0.2) is 23.9 Å². The molecule has 108 valence electrons. The zero-order chi connectivity index (χ0) is 13.5. The van der Waals surface area contributed by atoms with Gasteiger partial charge in [0.05, 0.1) is 18.8 Å². The van der Waals surface area contributed by atoms with Gasteiger partial charge in [-0.2, -0.15) is 0 Å². The monoisotopic (exact) mass is 264 g/mol. The van der Waals surface area contributed by atoms with Crippen molar-refractivity contribution >= 4 is 0 Å². The van der Waals surface area contributed by atoms with Crippen LogP contribution in [0.15, 0.2) is 12.2 Å². The van der Waals surface area contributed by atoms with Crippen molar-refractivity contribution in [2.45, 2.75) is 64.6 Å². The molecule has 5 atom stereocenters. The van der Waals surface area contributed by atoms with Crippen molar-refractivity contribution in [2.75, 3.05) is 6.61 Å². The van der Waals surface area contributed by atoms with E-state index in [2.05, 4.69) is 26.0 Å². The molecule has 0 radical (unpaired) electrons. The Kier molecular flexibility index (Phi) is 3.74. The molecule has 0 aromatic carbocycles. The molecular weight excluding hydrogens is 236 g/mol. The van der Waals surface area contributed by atoms with Crippen molar-refractivity contribution in [1.82, 2.24) is 0 Å². The van der Waals surface area contributed by atoms with E-state index in [1.807, 2.05) is 0 Å². The lowest BCUT2D eigenvalue weighted by atomic mass is 9.62. The van der Waals surface area contributed by atoms with Gasteiger partial charge in [-0.3, -0.25) is 0 Å². The minimum absolute atomic E-state index is 0.115. The molecule has 1 N–H and O–H groups in total. The molecule has 2 fully saturated rings. The van der Waals surface area contributed by atoms with Gasteiger partial charge >= 0.3 is 0 Å². The first-order chi connectivity index (χ1) is 9.13. The summed E-state index contributed by atoms with van der Waals surface area (Å²) in [6.07, 6.45) is 13.2. The lowest BCUT2D eigenvalue weighted by molar-refractivity contribution is -0.195. The van der Waals surface area contributed by atoms with E-state index in [1.54, 1.807) is 0 Å². The zero-order valence-electron chi connectivity index (χ0n) is 12.3. The maximum absolute atomic E-state index is 9.73. The van der Waals surface area contributed by atoms with Crippen LogP contribution in [0.5, 0.6) is 0 Å². The molecule has 3 aliphatic rings. The fourth-order valence-electron chi connectivity index (χ4n) is 4.57. The molecule has 1 aliphatic heterocycles. The summed E-state index contributed by atoms with van der Waals surface area (Å²) in [7, 11) is 0. The zero-order valence-corrected chi connectivity index (χ0v) is 12.3. The Morgan fingerprint density at radius 3 is 2.74 bits per heavy atom. The van der Waals surface area contributed by atoms with Crippen molar-refractivity contribution in [3.05, 3.63) is 12.2 Å². The van der Waals surface area contributed by atoms with Gasteiger partial charge in [0.15, 0.2) is 0 Å². The molecule has 0 aromatic heterocycles. The van der Waals surface area contributed by atoms with Gasteiger partial charge in [-0.15, -0.1) is 0 Å². The van der Waals surface area contributed by atoms with Crippen LogP contribution in [-0.2, 0) is 4.74 Å². The van der Waals surface area contributed by atoms with Crippen LogP contribution in [0.1, 0.15) is 52.4 Å². The summed E-state index contributed by atoms with van der Waals surface area (Å²) >= 11 is 0. The summed E-state index contributed by atoms with van der Waals surface area (Å²) in [6, 6.07) is 0. The standard InChI is InChI=1S/C17H28O2/c1-17(2,11-18)16-14-9-4-3-7-12(14)13-8-5-6-10-15(13)19-16/h3,7,12-16,18H,4-6,8-11H2,1-2H3/t12-,13+,14-,15+,16+/m1/s1. The van der Waals surface area contributed by atoms with Gasteiger partial charge in [0.1, 0.15) is 0 Å². The lowest BCUT2D eigenvalue weighted by Crippen LogP contribution is -2.54. The van der Waals surface area contributed by atoms with Gasteiger partial charge in [0.2, 0.25) is 0 Å². The average molecular weight is 264 g/mol. The van der Waals surface area contributed by atoms with Crippen molar-refractivity contribution in [3.8, 4) is 0 Å². The molecule has 19 heavy (non-hydrogen) atoms. The van der Waals surface area contributed by atoms with Crippen LogP contribution in [0.25, 0.3) is 0 Å². The quantitative estimate of drug-likeness (QED) is 0.773. The van der Waals surface area contributed by atoms with Crippen molar-refractivity contribution < 1.29 is 9.84 Å². The van der Waals surface area contributed by atoms with Crippen molar-refractivity contribution in [2.24, 2.45) is 23.2 Å². The fraction of sp³-hybridized carbons (Fsp3) is 0.882. The fourth-order valence-corrected chi connectivity index (χ4v) is 4.57. The van der Waals surface area contributed by atoms with E-state index in [4.69, 9.17) is 4.74 Å². The number of aliphatic hydroxyl groups excluding tert-OH is 1. The largest absolute Gasteiger partial charge is 0.396 e. The Morgan fingerprint density at radius 2 is 1.95 bits per heavy atom. The third-order valence-corrected chi connectivity index (χ3v) is 5.66. The summed E-state index contributed by atoms with van der Waals surface area (Å²) in [5, 5.41) is 9.73. The Bertz CT molecular complexity index is 347. The molecule has 2 aliphatic carbocycles. The van der Waals surface area contributed by atoms with E-state index in [0.29, 0.717) is 17.9 Å². The van der Waals surface area contributed by atoms with Crippen LogP contribution < -0.4 is 0 Å². The molecule has 2 heteroatoms. The minimum atomic E-state index is -0.115. The molecule has 1 saturated carbocycles. The number of fused-ring (bicyclic) bond motifs is 3. The van der Waals surface area contributed by atoms with Gasteiger partial charge in [0.25, 0.3) is 0 Å². The average Bonchev–Trinajstić information content (AvgIpc) is 2.46. The highest BCUT2D eigenvalue weighted by atomic mass is 16.5. The van der Waals surface area contributed by atoms with Crippen LogP contribution in [0.3, 0.4) is 0 Å². The number of rotatable bonds is 2. The number of aliphatic hydroxyl groups is 1. The van der Waals surface area contributed by atoms with Gasteiger partial charge in [0, 0.05) is 5.41 Å². The van der Waals surface area contributed by atoms with Gasteiger partial charge in [-0.05, 0) is 43.4 Å². The van der Waals surface area contributed by atoms with E-state index >= 15 is 0 Å². The predicted octanol–water partition coefficient (Wildman–Crippen LogP) is 3.54. The third-order valence-electron chi connectivity index (χ3n) is 5.66. The molecule has 2 nitrogen and oxygen atoms in total. The normalized spacial score (nSPS) is 42.6. The molecule has 0 aromatic rings. The first-order valence-corrected chi connectivity index (χ1v) is 8.06. The highest BCUT2D eigenvalue weighted by Crippen LogP contribution is 2.50. The van der Waals surface area contributed by atoms with Crippen LogP contribution in [0, 0.1) is 23.2 Å². The SMILES string of the molecule is CC(C)(CO)[C@H]1O[C@H]2CCCC[C@H]2[C@H]2C=CCC[C@H]21. The van der Waals surface area contributed by atoms with E-state index in [9.17, 15) is 5.11 Å². The Morgan fingerprint density at radius 1 is 1.16 bits per heavy atom. The van der Waals surface area contributed by atoms with Crippen LogP contribution >= 0.6 is 0 Å². The summed E-state index contributed by atoms with van der Waals surface area (Å²) < 4.78 is 6.52. The highest BCUT2D eigenvalue weighted by Gasteiger charge is 2.49. The first kappa shape index (κ1) is 13.6. The number of hydrogen-bond donors (Lipinski definition) is 1. The summed E-state index contributed by atoms with van der Waals surface area (Å²) in [6.45, 7) is 4.55. The Balaban J connectivity index is 1.88. The molecule has 1 saturated heterocycles. The van der Waals surface area contributed by atoms with Gasteiger partial charge in [-0.1, -0.05) is 38.8 Å². The maximum atomic E-state index is 9.73. The summed E-state index contributed by atoms with van der Waals surface area (Å²) in [5.41, 5.74) is -0.115. The minimum Gasteiger partial charge on any atom is -0.396 e. The molecule has 0 bridgehead atoms. The summed E-state index contributed by atoms with van der Waals surface area (Å²) in [4.78, 5) is 0. The van der Waals surface area contributed by atoms with Crippen molar-refractivity contribution in [3.63, 3.8) is 0 Å². The predicted molar refractivity (Wildman–Crippen MR) is 76.8 cm³/mol. The number of ether oxygens (including phenoxy) is 1. The van der Waals surface area contributed by atoms with E-state index in [-0.39, 0.29) is 18.1 Å². The second kappa shape index (κ2) is 5.21. The molecule has 0 unspecified atom stereocenters. The molecular formula is C17H28O2. The summed E-state index contributed by atoms with van der Waals surface area (Å²) in [5.74, 6) is 2.05. The number of hydrogen-bond acceptors (Lipinski definition) is 2. The van der Waals surface area contributed by atoms with E-state index in [1.165, 1.54) is 38.5 Å². The smallest absolute Gasteiger partial charge is 0.0685 e. The molecule has 3 rings (SSSR count). The molecule has 0 amide bonds. The van der Waals surface area contributed by atoms with Crippen LogP contribution in [0.2, 0.25) is 0 Å². The second-order valence-electron chi connectivity index (χ2n) is 7.44. The van der Waals surface area contributed by atoms with Crippen molar-refractivity contribution in [1.29, 1.82) is 0 Å². The highest BCUT2D eigenvalue weighted by molar-refractivity contribution is 5.08. The molecule has 0 spiro atoms.